The number of esters is 3. The summed E-state index contributed by atoms with van der Waals surface area (Å²) in [4.78, 5) is 38.4. The molecule has 5 unspecified atom stereocenters. The first-order chi connectivity index (χ1) is 16.0. The van der Waals surface area contributed by atoms with Gasteiger partial charge in [0.25, 0.3) is 0 Å². The SMILES string of the molecule is CCC1(OC(=O)C(C)(C)CCC(C)(C)C(=O)OC2C3CC4C(=O)OC2C4C3)CCCCCCC1. The van der Waals surface area contributed by atoms with Crippen molar-refractivity contribution in [2.45, 2.75) is 129 Å². The van der Waals surface area contributed by atoms with Gasteiger partial charge in [0.05, 0.1) is 16.7 Å². The van der Waals surface area contributed by atoms with E-state index in [1.54, 1.807) is 0 Å². The zero-order valence-electron chi connectivity index (χ0n) is 21.8. The highest BCUT2D eigenvalue weighted by Crippen LogP contribution is 2.55. The molecule has 2 bridgehead atoms. The first-order valence-corrected chi connectivity index (χ1v) is 13.6. The van der Waals surface area contributed by atoms with Crippen LogP contribution in [0.2, 0.25) is 0 Å². The van der Waals surface area contributed by atoms with E-state index in [4.69, 9.17) is 14.2 Å². The summed E-state index contributed by atoms with van der Waals surface area (Å²) in [5, 5.41) is 0. The Bertz CT molecular complexity index is 791. The monoisotopic (exact) mass is 476 g/mol. The van der Waals surface area contributed by atoms with E-state index in [9.17, 15) is 14.4 Å². The lowest BCUT2D eigenvalue weighted by atomic mass is 9.78. The van der Waals surface area contributed by atoms with E-state index in [-0.39, 0.29) is 53.5 Å². The summed E-state index contributed by atoms with van der Waals surface area (Å²) in [7, 11) is 0. The van der Waals surface area contributed by atoms with Gasteiger partial charge in [0.1, 0.15) is 17.8 Å². The average molecular weight is 477 g/mol. The van der Waals surface area contributed by atoms with Crippen molar-refractivity contribution >= 4 is 17.9 Å². The zero-order valence-corrected chi connectivity index (χ0v) is 21.8. The minimum Gasteiger partial charge on any atom is -0.459 e. The first-order valence-electron chi connectivity index (χ1n) is 13.6. The Hall–Kier alpha value is -1.59. The second kappa shape index (κ2) is 9.46. The smallest absolute Gasteiger partial charge is 0.312 e. The van der Waals surface area contributed by atoms with E-state index in [1.165, 1.54) is 19.3 Å². The number of ether oxygens (including phenoxy) is 3. The highest BCUT2D eigenvalue weighted by Gasteiger charge is 2.63. The molecule has 0 spiro atoms. The van der Waals surface area contributed by atoms with E-state index in [2.05, 4.69) is 6.92 Å². The van der Waals surface area contributed by atoms with Crippen LogP contribution < -0.4 is 0 Å². The van der Waals surface area contributed by atoms with E-state index >= 15 is 0 Å². The standard InChI is InChI=1S/C28H44O6/c1-6-28(12-10-8-7-9-11-13-28)34-25(31)27(4,5)15-14-26(2,3)24(30)33-21-18-16-19-20(17-18)23(29)32-22(19)21/h18-22H,6-17H2,1-5H3. The molecule has 1 heterocycles. The number of hydrogen-bond acceptors (Lipinski definition) is 6. The molecular formula is C28H44O6. The second-order valence-corrected chi connectivity index (χ2v) is 12.7. The van der Waals surface area contributed by atoms with Gasteiger partial charge in [0, 0.05) is 11.8 Å². The summed E-state index contributed by atoms with van der Waals surface area (Å²) in [5.41, 5.74) is -1.76. The van der Waals surface area contributed by atoms with Gasteiger partial charge in [-0.05, 0) is 85.5 Å². The van der Waals surface area contributed by atoms with Crippen molar-refractivity contribution in [2.24, 2.45) is 28.6 Å². The summed E-state index contributed by atoms with van der Waals surface area (Å²) in [6.07, 6.45) is 10.8. The van der Waals surface area contributed by atoms with Gasteiger partial charge in [-0.3, -0.25) is 14.4 Å². The van der Waals surface area contributed by atoms with Crippen LogP contribution in [-0.4, -0.2) is 35.7 Å². The molecule has 5 atom stereocenters. The third-order valence-electron chi connectivity index (χ3n) is 9.36. The fraction of sp³-hybridized carbons (Fsp3) is 0.893. The molecule has 6 nitrogen and oxygen atoms in total. The summed E-state index contributed by atoms with van der Waals surface area (Å²) < 4.78 is 17.7. The van der Waals surface area contributed by atoms with Gasteiger partial charge in [-0.25, -0.2) is 0 Å². The van der Waals surface area contributed by atoms with Crippen molar-refractivity contribution in [3.63, 3.8) is 0 Å². The first kappa shape index (κ1) is 25.5. The summed E-state index contributed by atoms with van der Waals surface area (Å²) in [5.74, 6) is -0.0912. The van der Waals surface area contributed by atoms with Gasteiger partial charge in [-0.1, -0.05) is 26.2 Å². The molecule has 0 N–H and O–H groups in total. The van der Waals surface area contributed by atoms with Crippen molar-refractivity contribution in [1.82, 2.24) is 0 Å². The van der Waals surface area contributed by atoms with E-state index in [0.717, 1.165) is 44.9 Å². The predicted octanol–water partition coefficient (Wildman–Crippen LogP) is 5.75. The van der Waals surface area contributed by atoms with Crippen molar-refractivity contribution in [3.05, 3.63) is 0 Å². The fourth-order valence-corrected chi connectivity index (χ4v) is 6.59. The molecule has 0 aromatic heterocycles. The minimum absolute atomic E-state index is 0.00836. The molecule has 192 valence electrons. The Morgan fingerprint density at radius 2 is 1.53 bits per heavy atom. The largest absolute Gasteiger partial charge is 0.459 e. The van der Waals surface area contributed by atoms with Crippen LogP contribution in [0.1, 0.15) is 112 Å². The van der Waals surface area contributed by atoms with E-state index < -0.39 is 10.8 Å². The molecule has 0 amide bonds. The average Bonchev–Trinajstić information content (AvgIpc) is 3.39. The maximum absolute atomic E-state index is 13.3. The van der Waals surface area contributed by atoms with Crippen molar-refractivity contribution in [2.75, 3.05) is 0 Å². The van der Waals surface area contributed by atoms with Crippen LogP contribution in [0.25, 0.3) is 0 Å². The molecule has 3 aliphatic carbocycles. The quantitative estimate of drug-likeness (QED) is 0.328. The highest BCUT2D eigenvalue weighted by molar-refractivity contribution is 5.79. The number of fused-ring (bicyclic) bond motifs is 1. The molecule has 4 aliphatic rings. The minimum atomic E-state index is -0.732. The number of carbonyl (C=O) groups is 3. The van der Waals surface area contributed by atoms with Crippen molar-refractivity contribution in [3.8, 4) is 0 Å². The van der Waals surface area contributed by atoms with Crippen LogP contribution in [0.4, 0.5) is 0 Å². The summed E-state index contributed by atoms with van der Waals surface area (Å²) in [6, 6.07) is 0. The Balaban J connectivity index is 1.32. The maximum Gasteiger partial charge on any atom is 0.312 e. The maximum atomic E-state index is 13.3. The summed E-state index contributed by atoms with van der Waals surface area (Å²) in [6.45, 7) is 9.75. The van der Waals surface area contributed by atoms with Gasteiger partial charge in [0.2, 0.25) is 0 Å². The van der Waals surface area contributed by atoms with Crippen LogP contribution in [-0.2, 0) is 28.6 Å². The highest BCUT2D eigenvalue weighted by atomic mass is 16.6. The fourth-order valence-electron chi connectivity index (χ4n) is 6.59. The summed E-state index contributed by atoms with van der Waals surface area (Å²) >= 11 is 0. The Morgan fingerprint density at radius 3 is 2.15 bits per heavy atom. The van der Waals surface area contributed by atoms with E-state index in [0.29, 0.717) is 12.8 Å². The van der Waals surface area contributed by atoms with Gasteiger partial charge >= 0.3 is 17.9 Å². The Kier molecular flexibility index (Phi) is 7.10. The second-order valence-electron chi connectivity index (χ2n) is 12.7. The molecule has 0 radical (unpaired) electrons. The molecule has 0 aromatic rings. The number of rotatable bonds is 8. The molecule has 6 heteroatoms. The van der Waals surface area contributed by atoms with Crippen LogP contribution in [0, 0.1) is 28.6 Å². The molecule has 34 heavy (non-hydrogen) atoms. The molecule has 4 fully saturated rings. The lowest BCUT2D eigenvalue weighted by Crippen LogP contribution is -2.42. The van der Waals surface area contributed by atoms with Crippen LogP contribution in [0.3, 0.4) is 0 Å². The molecule has 0 aromatic carbocycles. The predicted molar refractivity (Wildman–Crippen MR) is 128 cm³/mol. The van der Waals surface area contributed by atoms with Crippen molar-refractivity contribution < 1.29 is 28.6 Å². The Labute approximate surface area is 204 Å². The van der Waals surface area contributed by atoms with Gasteiger partial charge in [-0.15, -0.1) is 0 Å². The van der Waals surface area contributed by atoms with Gasteiger partial charge in [-0.2, -0.15) is 0 Å². The molecule has 4 rings (SSSR count). The molecule has 1 aliphatic heterocycles. The van der Waals surface area contributed by atoms with Crippen LogP contribution in [0.15, 0.2) is 0 Å². The third kappa shape index (κ3) is 4.88. The molecular weight excluding hydrogens is 432 g/mol. The number of carbonyl (C=O) groups excluding carboxylic acids is 3. The third-order valence-corrected chi connectivity index (χ3v) is 9.36. The van der Waals surface area contributed by atoms with Crippen molar-refractivity contribution in [1.29, 1.82) is 0 Å². The van der Waals surface area contributed by atoms with Crippen LogP contribution in [0.5, 0.6) is 0 Å². The topological polar surface area (TPSA) is 78.9 Å². The van der Waals surface area contributed by atoms with Gasteiger partial charge < -0.3 is 14.2 Å². The lowest BCUT2D eigenvalue weighted by Gasteiger charge is -2.38. The normalized spacial score (nSPS) is 32.6. The number of hydrogen-bond donors (Lipinski definition) is 0. The van der Waals surface area contributed by atoms with Crippen LogP contribution >= 0.6 is 0 Å². The zero-order chi connectivity index (χ0) is 24.7. The Morgan fingerprint density at radius 1 is 0.941 bits per heavy atom. The van der Waals surface area contributed by atoms with Gasteiger partial charge in [0.15, 0.2) is 0 Å². The molecule has 1 saturated heterocycles. The molecule has 3 saturated carbocycles. The van der Waals surface area contributed by atoms with E-state index in [1.807, 2.05) is 27.7 Å². The lowest BCUT2D eigenvalue weighted by molar-refractivity contribution is -0.176.